The lowest BCUT2D eigenvalue weighted by molar-refractivity contribution is -0.385. The molecule has 0 atom stereocenters. The number of aliphatic hydroxyl groups is 1. The number of amides is 1. The van der Waals surface area contributed by atoms with Crippen LogP contribution < -0.4 is 5.73 Å². The van der Waals surface area contributed by atoms with Crippen LogP contribution in [-0.4, -0.2) is 15.9 Å². The Morgan fingerprint density at radius 3 is 2.76 bits per heavy atom. The number of hydrogen-bond acceptors (Lipinski definition) is 4. The molecule has 0 unspecified atom stereocenters. The van der Waals surface area contributed by atoms with Crippen molar-refractivity contribution in [3.05, 3.63) is 45.5 Å². The van der Waals surface area contributed by atoms with Gasteiger partial charge in [-0.1, -0.05) is 18.2 Å². The molecule has 0 radical (unpaired) electrons. The maximum atomic E-state index is 10.7. The molecule has 0 spiro atoms. The highest BCUT2D eigenvalue weighted by molar-refractivity contribution is 5.76. The SMILES string of the molecule is NC(=O)CC=Cc1ccc(CO)c([N+](=O)[O-])c1. The normalized spacial score (nSPS) is 10.6. The molecule has 0 bridgehead atoms. The Bertz CT molecular complexity index is 469. The number of nitro groups is 1. The van der Waals surface area contributed by atoms with E-state index in [4.69, 9.17) is 10.8 Å². The molecule has 0 aromatic heterocycles. The smallest absolute Gasteiger partial charge is 0.275 e. The van der Waals surface area contributed by atoms with Gasteiger partial charge >= 0.3 is 0 Å². The van der Waals surface area contributed by atoms with Gasteiger partial charge in [-0.05, 0) is 11.6 Å². The van der Waals surface area contributed by atoms with Crippen molar-refractivity contribution >= 4 is 17.7 Å². The first kappa shape index (κ1) is 12.9. The number of hydrogen-bond donors (Lipinski definition) is 2. The zero-order valence-electron chi connectivity index (χ0n) is 9.00. The van der Waals surface area contributed by atoms with Crippen molar-refractivity contribution in [2.75, 3.05) is 0 Å². The van der Waals surface area contributed by atoms with Crippen LogP contribution in [0.25, 0.3) is 6.08 Å². The van der Waals surface area contributed by atoms with E-state index in [1.807, 2.05) is 0 Å². The van der Waals surface area contributed by atoms with E-state index < -0.39 is 10.8 Å². The predicted octanol–water partition coefficient (Wildman–Crippen LogP) is 0.976. The molecule has 0 aliphatic carbocycles. The molecule has 1 rings (SSSR count). The van der Waals surface area contributed by atoms with Crippen LogP contribution in [0, 0.1) is 10.1 Å². The lowest BCUT2D eigenvalue weighted by Crippen LogP contribution is -2.07. The van der Waals surface area contributed by atoms with Gasteiger partial charge in [0.1, 0.15) is 0 Å². The maximum absolute atomic E-state index is 10.7. The van der Waals surface area contributed by atoms with Crippen LogP contribution >= 0.6 is 0 Å². The third-order valence-electron chi connectivity index (χ3n) is 2.11. The summed E-state index contributed by atoms with van der Waals surface area (Å²) in [7, 11) is 0. The van der Waals surface area contributed by atoms with Crippen molar-refractivity contribution in [2.45, 2.75) is 13.0 Å². The van der Waals surface area contributed by atoms with Gasteiger partial charge in [0.25, 0.3) is 5.69 Å². The standard InChI is InChI=1S/C11H12N2O4/c12-11(15)3-1-2-8-4-5-9(7-14)10(6-8)13(16)17/h1-2,4-6,14H,3,7H2,(H2,12,15). The third-order valence-corrected chi connectivity index (χ3v) is 2.11. The average Bonchev–Trinajstić information content (AvgIpc) is 2.28. The second-order valence-electron chi connectivity index (χ2n) is 3.38. The van der Waals surface area contributed by atoms with E-state index in [-0.39, 0.29) is 24.3 Å². The quantitative estimate of drug-likeness (QED) is 0.586. The van der Waals surface area contributed by atoms with Crippen molar-refractivity contribution in [3.63, 3.8) is 0 Å². The molecular formula is C11H12N2O4. The molecule has 6 heteroatoms. The minimum absolute atomic E-state index is 0.0789. The molecule has 0 aliphatic heterocycles. The fourth-order valence-corrected chi connectivity index (χ4v) is 1.30. The Morgan fingerprint density at radius 1 is 1.53 bits per heavy atom. The molecule has 17 heavy (non-hydrogen) atoms. The van der Waals surface area contributed by atoms with Crippen LogP contribution in [0.4, 0.5) is 5.69 Å². The Labute approximate surface area is 97.5 Å². The van der Waals surface area contributed by atoms with E-state index in [9.17, 15) is 14.9 Å². The summed E-state index contributed by atoms with van der Waals surface area (Å²) in [5.74, 6) is -0.470. The first-order chi connectivity index (χ1) is 8.04. The second kappa shape index (κ2) is 5.76. The fourth-order valence-electron chi connectivity index (χ4n) is 1.30. The zero-order chi connectivity index (χ0) is 12.8. The Kier molecular flexibility index (Phi) is 4.36. The lowest BCUT2D eigenvalue weighted by Gasteiger charge is -2.00. The third kappa shape index (κ3) is 3.69. The molecule has 0 aliphatic rings. The highest BCUT2D eigenvalue weighted by Crippen LogP contribution is 2.21. The van der Waals surface area contributed by atoms with E-state index in [0.717, 1.165) is 0 Å². The van der Waals surface area contributed by atoms with Gasteiger partial charge in [-0.15, -0.1) is 0 Å². The minimum Gasteiger partial charge on any atom is -0.391 e. The number of nitro benzene ring substituents is 1. The van der Waals surface area contributed by atoms with Gasteiger partial charge < -0.3 is 10.8 Å². The van der Waals surface area contributed by atoms with Crippen molar-refractivity contribution in [1.82, 2.24) is 0 Å². The van der Waals surface area contributed by atoms with Crippen LogP contribution in [0.3, 0.4) is 0 Å². The minimum atomic E-state index is -0.559. The van der Waals surface area contributed by atoms with Gasteiger partial charge in [-0.3, -0.25) is 14.9 Å². The maximum Gasteiger partial charge on any atom is 0.275 e. The Morgan fingerprint density at radius 2 is 2.24 bits per heavy atom. The molecule has 0 fully saturated rings. The number of primary amides is 1. The van der Waals surface area contributed by atoms with Crippen molar-refractivity contribution in [3.8, 4) is 0 Å². The number of carbonyl (C=O) groups is 1. The summed E-state index contributed by atoms with van der Waals surface area (Å²) >= 11 is 0. The average molecular weight is 236 g/mol. The molecule has 0 heterocycles. The van der Waals surface area contributed by atoms with Gasteiger partial charge in [0.05, 0.1) is 17.1 Å². The van der Waals surface area contributed by atoms with E-state index in [1.54, 1.807) is 12.1 Å². The van der Waals surface area contributed by atoms with Crippen LogP contribution in [0.1, 0.15) is 17.5 Å². The van der Waals surface area contributed by atoms with Crippen molar-refractivity contribution < 1.29 is 14.8 Å². The first-order valence-corrected chi connectivity index (χ1v) is 4.87. The Balaban J connectivity index is 2.96. The monoisotopic (exact) mass is 236 g/mol. The van der Waals surface area contributed by atoms with Crippen LogP contribution in [0.15, 0.2) is 24.3 Å². The molecular weight excluding hydrogens is 224 g/mol. The molecule has 0 saturated heterocycles. The molecule has 1 aromatic carbocycles. The molecule has 0 saturated carbocycles. The van der Waals surface area contributed by atoms with E-state index in [0.29, 0.717) is 5.56 Å². The van der Waals surface area contributed by atoms with Crippen LogP contribution in [0.5, 0.6) is 0 Å². The van der Waals surface area contributed by atoms with Gasteiger partial charge in [0, 0.05) is 12.5 Å². The highest BCUT2D eigenvalue weighted by atomic mass is 16.6. The number of carbonyl (C=O) groups excluding carboxylic acids is 1. The first-order valence-electron chi connectivity index (χ1n) is 4.87. The topological polar surface area (TPSA) is 106 Å². The summed E-state index contributed by atoms with van der Waals surface area (Å²) in [4.78, 5) is 20.6. The molecule has 1 aromatic rings. The number of benzene rings is 1. The summed E-state index contributed by atoms with van der Waals surface area (Å²) in [5.41, 5.74) is 5.63. The summed E-state index contributed by atoms with van der Waals surface area (Å²) in [6, 6.07) is 4.43. The van der Waals surface area contributed by atoms with Gasteiger partial charge in [0.15, 0.2) is 0 Å². The van der Waals surface area contributed by atoms with Crippen molar-refractivity contribution in [2.24, 2.45) is 5.73 Å². The highest BCUT2D eigenvalue weighted by Gasteiger charge is 2.12. The zero-order valence-corrected chi connectivity index (χ0v) is 9.00. The lowest BCUT2D eigenvalue weighted by atomic mass is 10.1. The second-order valence-corrected chi connectivity index (χ2v) is 3.38. The fraction of sp³-hybridized carbons (Fsp3) is 0.182. The number of aliphatic hydroxyl groups excluding tert-OH is 1. The Hall–Kier alpha value is -2.21. The summed E-state index contributed by atoms with van der Waals surface area (Å²) in [5, 5.41) is 19.6. The molecule has 6 nitrogen and oxygen atoms in total. The number of nitrogens with two attached hydrogens (primary N) is 1. The predicted molar refractivity (Wildman–Crippen MR) is 61.9 cm³/mol. The van der Waals surface area contributed by atoms with Crippen LogP contribution in [-0.2, 0) is 11.4 Å². The number of rotatable bonds is 5. The van der Waals surface area contributed by atoms with E-state index >= 15 is 0 Å². The summed E-state index contributed by atoms with van der Waals surface area (Å²) in [6.07, 6.45) is 3.18. The van der Waals surface area contributed by atoms with Gasteiger partial charge in [-0.25, -0.2) is 0 Å². The number of nitrogens with zero attached hydrogens (tertiary/aromatic N) is 1. The summed E-state index contributed by atoms with van der Waals surface area (Å²) in [6.45, 7) is -0.387. The van der Waals surface area contributed by atoms with E-state index in [1.165, 1.54) is 18.2 Å². The molecule has 90 valence electrons. The van der Waals surface area contributed by atoms with Gasteiger partial charge in [0.2, 0.25) is 5.91 Å². The van der Waals surface area contributed by atoms with Gasteiger partial charge in [-0.2, -0.15) is 0 Å². The van der Waals surface area contributed by atoms with Crippen molar-refractivity contribution in [1.29, 1.82) is 0 Å². The molecule has 3 N–H and O–H groups in total. The molecule has 1 amide bonds. The summed E-state index contributed by atoms with van der Waals surface area (Å²) < 4.78 is 0. The van der Waals surface area contributed by atoms with E-state index in [2.05, 4.69) is 0 Å². The van der Waals surface area contributed by atoms with Crippen LogP contribution in [0.2, 0.25) is 0 Å². The largest absolute Gasteiger partial charge is 0.391 e.